The maximum Gasteiger partial charge on any atom is 0.573 e. The Morgan fingerprint density at radius 3 is 2.24 bits per heavy atom. The molecule has 1 unspecified atom stereocenters. The summed E-state index contributed by atoms with van der Waals surface area (Å²) in [6.07, 6.45) is -6.35. The molecule has 0 saturated carbocycles. The molecule has 1 aromatic carbocycles. The molecule has 0 saturated heterocycles. The Bertz CT molecular complexity index is 463. The second-order valence-corrected chi connectivity index (χ2v) is 3.71. The van der Waals surface area contributed by atoms with Crippen molar-refractivity contribution in [1.82, 2.24) is 5.32 Å². The minimum atomic E-state index is -4.86. The number of nitrogens with one attached hydrogen (secondary N) is 1. The van der Waals surface area contributed by atoms with Crippen LogP contribution in [0.5, 0.6) is 5.75 Å². The van der Waals surface area contributed by atoms with Crippen molar-refractivity contribution in [3.05, 3.63) is 29.8 Å². The summed E-state index contributed by atoms with van der Waals surface area (Å²) in [5.74, 6) is -0.518. The molecule has 0 spiro atoms. The van der Waals surface area contributed by atoms with Gasteiger partial charge in [0, 0.05) is 0 Å². The minimum absolute atomic E-state index is 0.146. The molecule has 2 N–H and O–H groups in total. The first-order valence-electron chi connectivity index (χ1n) is 5.42. The topological polar surface area (TPSA) is 67.8 Å². The molecule has 10 heteroatoms. The molecule has 1 atom stereocenters. The van der Waals surface area contributed by atoms with Crippen LogP contribution >= 0.6 is 0 Å². The van der Waals surface area contributed by atoms with E-state index in [1.54, 1.807) is 0 Å². The summed E-state index contributed by atoms with van der Waals surface area (Å²) in [7, 11) is 0. The van der Waals surface area contributed by atoms with Crippen LogP contribution in [0.1, 0.15) is 11.6 Å². The molecule has 21 heavy (non-hydrogen) atoms. The lowest BCUT2D eigenvalue weighted by atomic mass is 10.1. The zero-order chi connectivity index (χ0) is 16.0. The largest absolute Gasteiger partial charge is 0.573 e. The van der Waals surface area contributed by atoms with Crippen molar-refractivity contribution in [3.8, 4) is 5.75 Å². The number of carboxylic acid groups (broad SMARTS) is 1. The van der Waals surface area contributed by atoms with Crippen LogP contribution in [0.3, 0.4) is 0 Å². The maximum atomic E-state index is 12.0. The molecule has 1 rings (SSSR count). The van der Waals surface area contributed by atoms with E-state index in [4.69, 9.17) is 5.11 Å². The molecule has 0 radical (unpaired) electrons. The number of alkyl halides is 5. The van der Waals surface area contributed by atoms with Crippen molar-refractivity contribution in [2.75, 3.05) is 6.61 Å². The highest BCUT2D eigenvalue weighted by atomic mass is 19.4. The summed E-state index contributed by atoms with van der Waals surface area (Å²) in [4.78, 5) is 10.6. The van der Waals surface area contributed by atoms with Gasteiger partial charge in [-0.1, -0.05) is 12.1 Å². The second kappa shape index (κ2) is 7.07. The van der Waals surface area contributed by atoms with Crippen LogP contribution in [0.15, 0.2) is 24.3 Å². The van der Waals surface area contributed by atoms with Gasteiger partial charge >= 0.3 is 19.1 Å². The van der Waals surface area contributed by atoms with Gasteiger partial charge in [0.2, 0.25) is 0 Å². The van der Waals surface area contributed by atoms with E-state index >= 15 is 0 Å². The molecule has 0 aliphatic carbocycles. The SMILES string of the molecule is O=C(O)NC(COC(F)F)c1ccc(OC(F)(F)F)cc1. The van der Waals surface area contributed by atoms with Crippen LogP contribution in [0.4, 0.5) is 26.7 Å². The Labute approximate surface area is 115 Å². The van der Waals surface area contributed by atoms with Crippen LogP contribution in [-0.2, 0) is 4.74 Å². The van der Waals surface area contributed by atoms with Crippen LogP contribution in [0, 0.1) is 0 Å². The summed E-state index contributed by atoms with van der Waals surface area (Å²) < 4.78 is 67.4. The van der Waals surface area contributed by atoms with E-state index in [2.05, 4.69) is 9.47 Å². The third kappa shape index (κ3) is 6.75. The predicted octanol–water partition coefficient (Wildman–Crippen LogP) is 3.13. The van der Waals surface area contributed by atoms with E-state index in [0.29, 0.717) is 0 Å². The number of ether oxygens (including phenoxy) is 2. The number of halogens is 5. The highest BCUT2D eigenvalue weighted by Crippen LogP contribution is 2.24. The molecular formula is C11H10F5NO4. The Hall–Kier alpha value is -2.10. The standard InChI is InChI=1S/C11H10F5NO4/c12-9(13)20-5-8(17-10(18)19)6-1-3-7(4-2-6)21-11(14,15)16/h1-4,8-9,17H,5H2,(H,18,19). The lowest BCUT2D eigenvalue weighted by Gasteiger charge is -2.18. The lowest BCUT2D eigenvalue weighted by molar-refractivity contribution is -0.274. The molecule has 0 aromatic heterocycles. The molecule has 118 valence electrons. The predicted molar refractivity (Wildman–Crippen MR) is 59.0 cm³/mol. The average molecular weight is 315 g/mol. The molecule has 0 fully saturated rings. The van der Waals surface area contributed by atoms with Gasteiger partial charge in [0.05, 0.1) is 12.6 Å². The summed E-state index contributed by atoms with van der Waals surface area (Å²) in [5.41, 5.74) is 0.146. The van der Waals surface area contributed by atoms with Crippen molar-refractivity contribution in [3.63, 3.8) is 0 Å². The molecule has 1 amide bonds. The van der Waals surface area contributed by atoms with Gasteiger partial charge in [-0.2, -0.15) is 8.78 Å². The zero-order valence-electron chi connectivity index (χ0n) is 10.2. The number of hydrogen-bond donors (Lipinski definition) is 2. The van der Waals surface area contributed by atoms with Gasteiger partial charge in [-0.15, -0.1) is 13.2 Å². The van der Waals surface area contributed by atoms with Gasteiger partial charge in [-0.3, -0.25) is 0 Å². The Morgan fingerprint density at radius 1 is 1.24 bits per heavy atom. The fraction of sp³-hybridized carbons (Fsp3) is 0.364. The van der Waals surface area contributed by atoms with Gasteiger partial charge in [-0.05, 0) is 17.7 Å². The number of carbonyl (C=O) groups is 1. The van der Waals surface area contributed by atoms with Gasteiger partial charge < -0.3 is 19.9 Å². The van der Waals surface area contributed by atoms with Gasteiger partial charge in [0.1, 0.15) is 5.75 Å². The van der Waals surface area contributed by atoms with Crippen molar-refractivity contribution < 1.29 is 41.3 Å². The van der Waals surface area contributed by atoms with E-state index < -0.39 is 37.5 Å². The number of hydrogen-bond acceptors (Lipinski definition) is 3. The third-order valence-electron chi connectivity index (χ3n) is 2.20. The second-order valence-electron chi connectivity index (χ2n) is 3.71. The van der Waals surface area contributed by atoms with Crippen molar-refractivity contribution >= 4 is 6.09 Å². The third-order valence-corrected chi connectivity index (χ3v) is 2.20. The minimum Gasteiger partial charge on any atom is -0.465 e. The van der Waals surface area contributed by atoms with E-state index in [-0.39, 0.29) is 5.56 Å². The van der Waals surface area contributed by atoms with Crippen molar-refractivity contribution in [2.24, 2.45) is 0 Å². The fourth-order valence-corrected chi connectivity index (χ4v) is 1.44. The number of benzene rings is 1. The normalized spacial score (nSPS) is 13.0. The molecule has 0 bridgehead atoms. The van der Waals surface area contributed by atoms with E-state index in [1.165, 1.54) is 0 Å². The lowest BCUT2D eigenvalue weighted by Crippen LogP contribution is -2.30. The molecule has 1 aromatic rings. The van der Waals surface area contributed by atoms with Crippen molar-refractivity contribution in [1.29, 1.82) is 0 Å². The molecule has 0 heterocycles. The Kier molecular flexibility index (Phi) is 5.70. The van der Waals surface area contributed by atoms with Crippen LogP contribution < -0.4 is 10.1 Å². The Morgan fingerprint density at radius 2 is 1.81 bits per heavy atom. The summed E-state index contributed by atoms with van der Waals surface area (Å²) in [5, 5.41) is 10.5. The van der Waals surface area contributed by atoms with Crippen molar-refractivity contribution in [2.45, 2.75) is 19.0 Å². The molecule has 0 aliphatic rings. The maximum absolute atomic E-state index is 12.0. The first kappa shape index (κ1) is 17.0. The van der Waals surface area contributed by atoms with E-state index in [9.17, 15) is 26.7 Å². The van der Waals surface area contributed by atoms with Crippen LogP contribution in [0.25, 0.3) is 0 Å². The number of amides is 1. The Balaban J connectivity index is 2.80. The molecular weight excluding hydrogens is 305 g/mol. The fourth-order valence-electron chi connectivity index (χ4n) is 1.44. The summed E-state index contributed by atoms with van der Waals surface area (Å²) >= 11 is 0. The highest BCUT2D eigenvalue weighted by molar-refractivity contribution is 5.65. The summed E-state index contributed by atoms with van der Waals surface area (Å²) in [6.45, 7) is -3.78. The first-order valence-corrected chi connectivity index (χ1v) is 5.42. The monoisotopic (exact) mass is 315 g/mol. The quantitative estimate of drug-likeness (QED) is 0.792. The van der Waals surface area contributed by atoms with Crippen LogP contribution in [0.2, 0.25) is 0 Å². The van der Waals surface area contributed by atoms with Gasteiger partial charge in [0.25, 0.3) is 0 Å². The first-order chi connectivity index (χ1) is 9.67. The van der Waals surface area contributed by atoms with E-state index in [1.807, 2.05) is 5.32 Å². The van der Waals surface area contributed by atoms with E-state index in [0.717, 1.165) is 24.3 Å². The zero-order valence-corrected chi connectivity index (χ0v) is 10.2. The number of rotatable bonds is 6. The summed E-state index contributed by atoms with van der Waals surface area (Å²) in [6, 6.07) is 2.92. The van der Waals surface area contributed by atoms with Gasteiger partial charge in [-0.25, -0.2) is 4.79 Å². The van der Waals surface area contributed by atoms with Gasteiger partial charge in [0.15, 0.2) is 0 Å². The molecule has 0 aliphatic heterocycles. The smallest absolute Gasteiger partial charge is 0.465 e. The highest BCUT2D eigenvalue weighted by Gasteiger charge is 2.31. The van der Waals surface area contributed by atoms with Crippen LogP contribution in [-0.4, -0.2) is 30.8 Å². The average Bonchev–Trinajstić information content (AvgIpc) is 2.33. The molecule has 5 nitrogen and oxygen atoms in total.